The fourth-order valence-corrected chi connectivity index (χ4v) is 19.1. The first-order valence-electron chi connectivity index (χ1n) is 22.7. The van der Waals surface area contributed by atoms with Crippen LogP contribution < -0.4 is 10.4 Å². The molecule has 8 aromatic carbocycles. The van der Waals surface area contributed by atoms with E-state index in [4.69, 9.17) is 4.74 Å². The van der Waals surface area contributed by atoms with Crippen molar-refractivity contribution in [1.29, 1.82) is 0 Å². The number of fused-ring (bicyclic) bond motifs is 1. The van der Waals surface area contributed by atoms with E-state index in [9.17, 15) is 4.79 Å². The van der Waals surface area contributed by atoms with Crippen LogP contribution in [-0.2, 0) is 39.6 Å². The van der Waals surface area contributed by atoms with Gasteiger partial charge in [-0.15, -0.1) is 0 Å². The molecule has 2 saturated carbocycles. The first kappa shape index (κ1) is 29.1. The second-order valence-corrected chi connectivity index (χ2v) is 21.7. The molecule has 10 aliphatic carbocycles. The Morgan fingerprint density at radius 2 is 1.69 bits per heavy atom. The summed E-state index contributed by atoms with van der Waals surface area (Å²) < 4.78 is 5.91. The van der Waals surface area contributed by atoms with Crippen LogP contribution in [0.1, 0.15) is 111 Å². The quantitative estimate of drug-likeness (QED) is 0.114. The zero-order valence-corrected chi connectivity index (χ0v) is 33.3. The molecule has 0 N–H and O–H groups in total. The fourth-order valence-electron chi connectivity index (χ4n) is 18.4. The van der Waals surface area contributed by atoms with Crippen molar-refractivity contribution >= 4 is 99.2 Å². The van der Waals surface area contributed by atoms with E-state index in [1.807, 2.05) is 5.57 Å². The minimum absolute atomic E-state index is 0.00615. The molecule has 8 atom stereocenters. The molecule has 0 amide bonds. The van der Waals surface area contributed by atoms with Crippen molar-refractivity contribution in [2.75, 3.05) is 6.61 Å². The van der Waals surface area contributed by atoms with Gasteiger partial charge in [-0.1, -0.05) is 54.6 Å². The maximum atomic E-state index is 13.5. The maximum Gasteiger partial charge on any atom is 0.305 e. The highest BCUT2D eigenvalue weighted by molar-refractivity contribution is 7.07. The normalized spacial score (nSPS) is 31.2. The lowest BCUT2D eigenvalue weighted by Crippen LogP contribution is -2.31. The summed E-state index contributed by atoms with van der Waals surface area (Å²) in [6.45, 7) is 0.466. The Kier molecular flexibility index (Phi) is 4.20. The fraction of sp³-hybridized carbons (Fsp3) is 0.304. The Balaban J connectivity index is 0.944. The molecule has 1 heterocycles. The summed E-state index contributed by atoms with van der Waals surface area (Å²) in [7, 11) is 0. The lowest BCUT2D eigenvalue weighted by molar-refractivity contribution is -0.143. The molecule has 3 heteroatoms. The molecule has 2 nitrogen and oxygen atoms in total. The van der Waals surface area contributed by atoms with Crippen LogP contribution in [0.4, 0.5) is 0 Å². The van der Waals surface area contributed by atoms with Gasteiger partial charge >= 0.3 is 5.97 Å². The van der Waals surface area contributed by atoms with Crippen LogP contribution in [0.3, 0.4) is 0 Å². The summed E-state index contributed by atoms with van der Waals surface area (Å²) in [5.41, 5.74) is 19.9. The molecule has 8 unspecified atom stereocenters. The van der Waals surface area contributed by atoms with E-state index in [-0.39, 0.29) is 16.8 Å². The maximum absolute atomic E-state index is 13.5. The van der Waals surface area contributed by atoms with E-state index in [0.717, 1.165) is 31.6 Å². The van der Waals surface area contributed by atoms with Crippen molar-refractivity contribution < 1.29 is 9.53 Å². The highest BCUT2D eigenvalue weighted by Crippen LogP contribution is 2.87. The number of ether oxygens (including phenoxy) is 1. The van der Waals surface area contributed by atoms with Crippen molar-refractivity contribution in [3.05, 3.63) is 131 Å². The zero-order valence-electron chi connectivity index (χ0n) is 32.5. The van der Waals surface area contributed by atoms with Crippen molar-refractivity contribution in [2.45, 2.75) is 85.9 Å². The van der Waals surface area contributed by atoms with Gasteiger partial charge in [-0.25, -0.2) is 0 Å². The highest BCUT2D eigenvalue weighted by atomic mass is 32.1. The van der Waals surface area contributed by atoms with Gasteiger partial charge in [0.1, 0.15) is 0 Å². The second kappa shape index (κ2) is 8.52. The number of rotatable bonds is 8. The Labute approximate surface area is 342 Å². The molecular formula is C56H36O2S. The largest absolute Gasteiger partial charge is 0.465 e. The van der Waals surface area contributed by atoms with Gasteiger partial charge in [-0.05, 0) is 209 Å². The van der Waals surface area contributed by atoms with Crippen LogP contribution in [0.25, 0.3) is 81.9 Å². The highest BCUT2D eigenvalue weighted by Gasteiger charge is 2.81. The predicted octanol–water partition coefficient (Wildman–Crippen LogP) is 11.0. The van der Waals surface area contributed by atoms with E-state index >= 15 is 0 Å². The second-order valence-electron chi connectivity index (χ2n) is 20.9. The van der Waals surface area contributed by atoms with Crippen LogP contribution >= 0.6 is 11.3 Å². The molecule has 0 bridgehead atoms. The summed E-state index contributed by atoms with van der Waals surface area (Å²) in [5, 5.41) is 27.6. The molecule has 19 rings (SSSR count). The van der Waals surface area contributed by atoms with Crippen molar-refractivity contribution in [3.8, 4) is 0 Å². The van der Waals surface area contributed by atoms with E-state index in [2.05, 4.69) is 71.4 Å². The van der Waals surface area contributed by atoms with Gasteiger partial charge in [0.15, 0.2) is 0 Å². The monoisotopic (exact) mass is 772 g/mol. The smallest absolute Gasteiger partial charge is 0.305 e. The number of benzene rings is 6. The number of hydrogen-bond donors (Lipinski definition) is 0. The van der Waals surface area contributed by atoms with Gasteiger partial charge in [0.2, 0.25) is 0 Å². The molecule has 9 aromatic rings. The first-order chi connectivity index (χ1) is 29.2. The van der Waals surface area contributed by atoms with Crippen LogP contribution in [0.15, 0.2) is 65.4 Å². The van der Waals surface area contributed by atoms with E-state index in [0.29, 0.717) is 42.6 Å². The Bertz CT molecular complexity index is 3850. The third-order valence-electron chi connectivity index (χ3n) is 19.4. The van der Waals surface area contributed by atoms with Crippen molar-refractivity contribution in [2.24, 2.45) is 11.8 Å². The Morgan fingerprint density at radius 1 is 0.814 bits per heavy atom. The standard InChI is InChI=1S/C56H36O2S/c57-32(58-11-8-22-9-12-59-21-22)7-4-10-55(30-5-2-1-3-6-30)54-31-19-28-17-25-15-26-14-23-13-24-16-27-18-29-20-56(54,55)53-39(29)44-38(27)43-34(24)33(23)41-37(26)42-35(25)36(28)45-40(31)52(53)51-49(44)47(43)46(41)48(42)50(45)51/h1-3,5-6,9,12,15-16,18-19,21,23,26,29,33,37,54H,4,7-8,10-11,13-14,17,20H2. The number of esters is 1. The van der Waals surface area contributed by atoms with Gasteiger partial charge in [-0.3, -0.25) is 4.79 Å². The van der Waals surface area contributed by atoms with Gasteiger partial charge in [0, 0.05) is 47.3 Å². The summed E-state index contributed by atoms with van der Waals surface area (Å²) >= 11 is 1.71. The van der Waals surface area contributed by atoms with Crippen molar-refractivity contribution in [3.63, 3.8) is 0 Å². The van der Waals surface area contributed by atoms with Gasteiger partial charge in [0.25, 0.3) is 0 Å². The molecule has 59 heavy (non-hydrogen) atoms. The molecule has 10 aliphatic rings. The Morgan fingerprint density at radius 3 is 2.61 bits per heavy atom. The molecule has 278 valence electrons. The van der Waals surface area contributed by atoms with Crippen LogP contribution in [0, 0.1) is 11.8 Å². The van der Waals surface area contributed by atoms with Crippen LogP contribution in [-0.4, -0.2) is 12.6 Å². The van der Waals surface area contributed by atoms with E-state index in [1.165, 1.54) is 30.4 Å². The summed E-state index contributed by atoms with van der Waals surface area (Å²) in [5.74, 6) is 3.33. The minimum atomic E-state index is -0.0727. The lowest BCUT2D eigenvalue weighted by atomic mass is 9.61. The molecule has 0 radical (unpaired) electrons. The number of carbonyl (C=O) groups is 1. The summed E-state index contributed by atoms with van der Waals surface area (Å²) in [6, 6.07) is 19.4. The van der Waals surface area contributed by atoms with Crippen molar-refractivity contribution in [1.82, 2.24) is 0 Å². The number of carbonyl (C=O) groups excluding carboxylic acids is 1. The molecule has 0 saturated heterocycles. The predicted molar refractivity (Wildman–Crippen MR) is 237 cm³/mol. The molecule has 2 fully saturated rings. The van der Waals surface area contributed by atoms with Crippen LogP contribution in [0.2, 0.25) is 0 Å². The average Bonchev–Trinajstić information content (AvgIpc) is 4.03. The lowest BCUT2D eigenvalue weighted by Gasteiger charge is -2.42. The summed E-state index contributed by atoms with van der Waals surface area (Å²) in [4.78, 5) is 13.5. The SMILES string of the molecule is O=C(CCCC1(c2ccccc2)C2c3cc4c5c6c7c8c9c%10c%11c%12c(cc%13c%11c%11c%14c(c%15c3c5c8c%15c%11%10)C21CC%14C=%13)CC1CC(C=C6C4)C7C=9C%121)OCCc1ccsc1. The average molecular weight is 773 g/mol. The van der Waals surface area contributed by atoms with Gasteiger partial charge < -0.3 is 4.74 Å². The topological polar surface area (TPSA) is 26.3 Å². The minimum Gasteiger partial charge on any atom is -0.465 e. The number of allylic oxidation sites excluding steroid dienone is 2. The third-order valence-corrected chi connectivity index (χ3v) is 20.1. The Hall–Kier alpha value is -5.25. The molecule has 1 aromatic heterocycles. The third kappa shape index (κ3) is 2.55. The number of hydrogen-bond acceptors (Lipinski definition) is 3. The first-order valence-corrected chi connectivity index (χ1v) is 23.7. The zero-order chi connectivity index (χ0) is 37.3. The van der Waals surface area contributed by atoms with E-state index in [1.54, 1.807) is 136 Å². The summed E-state index contributed by atoms with van der Waals surface area (Å²) in [6.07, 6.45) is 13.6. The molecular weight excluding hydrogens is 737 g/mol. The van der Waals surface area contributed by atoms with Crippen LogP contribution in [0.5, 0.6) is 0 Å². The van der Waals surface area contributed by atoms with E-state index < -0.39 is 0 Å². The van der Waals surface area contributed by atoms with Gasteiger partial charge in [0.05, 0.1) is 6.61 Å². The molecule has 1 spiro atoms. The van der Waals surface area contributed by atoms with Gasteiger partial charge in [-0.2, -0.15) is 11.3 Å². The molecule has 0 aliphatic heterocycles. The number of thiophene rings is 1.